The first-order chi connectivity index (χ1) is 12.9. The lowest BCUT2D eigenvalue weighted by atomic mass is 10.1. The van der Waals surface area contributed by atoms with Crippen molar-refractivity contribution in [3.8, 4) is 0 Å². The molecule has 0 fully saturated rings. The van der Waals surface area contributed by atoms with E-state index in [0.717, 1.165) is 22.1 Å². The molecule has 27 heavy (non-hydrogen) atoms. The summed E-state index contributed by atoms with van der Waals surface area (Å²) in [5.41, 5.74) is 8.21. The number of amides is 2. The van der Waals surface area contributed by atoms with Crippen LogP contribution in [0, 0.1) is 5.82 Å². The number of halogens is 2. The molecule has 2 N–H and O–H groups in total. The Morgan fingerprint density at radius 3 is 2.63 bits per heavy atom. The van der Waals surface area contributed by atoms with E-state index in [2.05, 4.69) is 21.0 Å². The fraction of sp³-hybridized carbons (Fsp3) is 0.211. The molecule has 2 aliphatic heterocycles. The third-order valence-corrected chi connectivity index (χ3v) is 5.25. The smallest absolute Gasteiger partial charge is 0.274 e. The predicted octanol–water partition coefficient (Wildman–Crippen LogP) is 2.60. The van der Waals surface area contributed by atoms with Crippen molar-refractivity contribution >= 4 is 44.8 Å². The topological polar surface area (TPSA) is 79.0 Å². The summed E-state index contributed by atoms with van der Waals surface area (Å²) in [5, 5.41) is 5.75. The molecule has 6 nitrogen and oxygen atoms in total. The number of nitrogens with two attached hydrogens (primary N) is 1. The average Bonchev–Trinajstić information content (AvgIpc) is 3.26. The van der Waals surface area contributed by atoms with Gasteiger partial charge in [-0.3, -0.25) is 14.6 Å². The first kappa shape index (κ1) is 17.7. The second-order valence-corrected chi connectivity index (χ2v) is 7.39. The van der Waals surface area contributed by atoms with Gasteiger partial charge in [0.05, 0.1) is 5.69 Å². The number of hydrazone groups is 1. The van der Waals surface area contributed by atoms with Gasteiger partial charge in [0.2, 0.25) is 5.91 Å². The third-order valence-electron chi connectivity index (χ3n) is 4.76. The highest BCUT2D eigenvalue weighted by atomic mass is 79.9. The van der Waals surface area contributed by atoms with E-state index in [1.807, 2.05) is 18.2 Å². The highest BCUT2D eigenvalue weighted by molar-refractivity contribution is 9.10. The summed E-state index contributed by atoms with van der Waals surface area (Å²) in [7, 11) is 0. The van der Waals surface area contributed by atoms with E-state index in [0.29, 0.717) is 12.2 Å². The van der Waals surface area contributed by atoms with E-state index in [-0.39, 0.29) is 18.0 Å². The first-order valence-electron chi connectivity index (χ1n) is 8.46. The van der Waals surface area contributed by atoms with Gasteiger partial charge in [-0.15, -0.1) is 0 Å². The lowest BCUT2D eigenvalue weighted by Gasteiger charge is -2.20. The summed E-state index contributed by atoms with van der Waals surface area (Å²) in [6, 6.07) is 10.6. The SMILES string of the molecule is NC(=O)C1CC(C(=O)N2CCc3cc(Br)ccc32)=NN1c1ccc(F)cc1. The number of nitrogens with zero attached hydrogens (tertiary/aromatic N) is 3. The molecule has 0 bridgehead atoms. The number of benzene rings is 2. The molecule has 138 valence electrons. The molecular weight excluding hydrogens is 415 g/mol. The van der Waals surface area contributed by atoms with Crippen LogP contribution in [-0.2, 0) is 16.0 Å². The van der Waals surface area contributed by atoms with Crippen molar-refractivity contribution in [1.82, 2.24) is 0 Å². The van der Waals surface area contributed by atoms with E-state index >= 15 is 0 Å². The van der Waals surface area contributed by atoms with E-state index < -0.39 is 17.8 Å². The van der Waals surface area contributed by atoms with Crippen LogP contribution in [0.2, 0.25) is 0 Å². The van der Waals surface area contributed by atoms with Gasteiger partial charge >= 0.3 is 0 Å². The Labute approximate surface area is 163 Å². The molecule has 2 aliphatic rings. The number of anilines is 2. The van der Waals surface area contributed by atoms with E-state index in [1.54, 1.807) is 4.90 Å². The van der Waals surface area contributed by atoms with Crippen LogP contribution in [-0.4, -0.2) is 30.1 Å². The van der Waals surface area contributed by atoms with Crippen molar-refractivity contribution in [3.63, 3.8) is 0 Å². The number of hydrogen-bond donors (Lipinski definition) is 1. The van der Waals surface area contributed by atoms with Crippen LogP contribution in [0.5, 0.6) is 0 Å². The molecule has 2 heterocycles. The first-order valence-corrected chi connectivity index (χ1v) is 9.25. The highest BCUT2D eigenvalue weighted by Gasteiger charge is 2.38. The van der Waals surface area contributed by atoms with Gasteiger partial charge in [0.25, 0.3) is 5.91 Å². The summed E-state index contributed by atoms with van der Waals surface area (Å²) < 4.78 is 14.2. The zero-order valence-corrected chi connectivity index (χ0v) is 15.8. The lowest BCUT2D eigenvalue weighted by molar-refractivity contribution is -0.119. The monoisotopic (exact) mass is 430 g/mol. The van der Waals surface area contributed by atoms with Crippen LogP contribution in [0.1, 0.15) is 12.0 Å². The molecule has 2 aromatic rings. The Morgan fingerprint density at radius 1 is 1.19 bits per heavy atom. The van der Waals surface area contributed by atoms with Gasteiger partial charge in [-0.1, -0.05) is 15.9 Å². The standard InChI is InChI=1S/C19H16BrFN4O2/c20-12-1-6-16-11(9-12)7-8-24(16)19(27)15-10-17(18(22)26)25(23-15)14-4-2-13(21)3-5-14/h1-6,9,17H,7-8,10H2,(H2,22,26). The fourth-order valence-electron chi connectivity index (χ4n) is 3.43. The zero-order chi connectivity index (χ0) is 19.1. The molecule has 2 amide bonds. The summed E-state index contributed by atoms with van der Waals surface area (Å²) in [4.78, 5) is 26.6. The molecule has 1 atom stereocenters. The summed E-state index contributed by atoms with van der Waals surface area (Å²) in [5.74, 6) is -1.22. The van der Waals surface area contributed by atoms with Crippen molar-refractivity contribution in [2.24, 2.45) is 10.8 Å². The minimum absolute atomic E-state index is 0.119. The maximum absolute atomic E-state index is 13.2. The molecular formula is C19H16BrFN4O2. The number of carbonyl (C=O) groups excluding carboxylic acids is 2. The van der Waals surface area contributed by atoms with Crippen molar-refractivity contribution in [3.05, 3.63) is 58.3 Å². The van der Waals surface area contributed by atoms with Gasteiger partial charge < -0.3 is 10.6 Å². The second-order valence-electron chi connectivity index (χ2n) is 6.47. The lowest BCUT2D eigenvalue weighted by Crippen LogP contribution is -2.40. The molecule has 1 unspecified atom stereocenters. The van der Waals surface area contributed by atoms with Gasteiger partial charge in [-0.25, -0.2) is 4.39 Å². The Kier molecular flexibility index (Phi) is 4.43. The van der Waals surface area contributed by atoms with Gasteiger partial charge in [0.15, 0.2) is 0 Å². The average molecular weight is 431 g/mol. The molecule has 0 aromatic heterocycles. The molecule has 4 rings (SSSR count). The highest BCUT2D eigenvalue weighted by Crippen LogP contribution is 2.32. The van der Waals surface area contributed by atoms with E-state index in [9.17, 15) is 14.0 Å². The van der Waals surface area contributed by atoms with E-state index in [4.69, 9.17) is 5.73 Å². The molecule has 0 saturated heterocycles. The zero-order valence-electron chi connectivity index (χ0n) is 14.2. The fourth-order valence-corrected chi connectivity index (χ4v) is 3.84. The van der Waals surface area contributed by atoms with Crippen LogP contribution in [0.25, 0.3) is 0 Å². The van der Waals surface area contributed by atoms with Crippen LogP contribution < -0.4 is 15.6 Å². The number of primary amides is 1. The number of hydrogen-bond acceptors (Lipinski definition) is 4. The minimum atomic E-state index is -0.776. The summed E-state index contributed by atoms with van der Waals surface area (Å²) >= 11 is 3.44. The van der Waals surface area contributed by atoms with Crippen molar-refractivity contribution in [2.75, 3.05) is 16.5 Å². The van der Waals surface area contributed by atoms with Gasteiger partial charge in [-0.2, -0.15) is 5.10 Å². The Bertz CT molecular complexity index is 961. The molecule has 8 heteroatoms. The van der Waals surface area contributed by atoms with Crippen molar-refractivity contribution in [2.45, 2.75) is 18.9 Å². The van der Waals surface area contributed by atoms with Gasteiger partial charge in [0, 0.05) is 23.1 Å². The second kappa shape index (κ2) is 6.77. The van der Waals surface area contributed by atoms with E-state index in [1.165, 1.54) is 29.3 Å². The van der Waals surface area contributed by atoms with Crippen LogP contribution in [0.3, 0.4) is 0 Å². The number of fused-ring (bicyclic) bond motifs is 1. The van der Waals surface area contributed by atoms with Crippen molar-refractivity contribution in [1.29, 1.82) is 0 Å². The molecule has 0 saturated carbocycles. The Balaban J connectivity index is 1.64. The van der Waals surface area contributed by atoms with Crippen LogP contribution in [0.4, 0.5) is 15.8 Å². The van der Waals surface area contributed by atoms with Crippen molar-refractivity contribution < 1.29 is 14.0 Å². The largest absolute Gasteiger partial charge is 0.368 e. The summed E-state index contributed by atoms with van der Waals surface area (Å²) in [6.45, 7) is 0.557. The molecule has 0 aliphatic carbocycles. The maximum atomic E-state index is 13.2. The number of rotatable bonds is 3. The van der Waals surface area contributed by atoms with Crippen LogP contribution in [0.15, 0.2) is 52.0 Å². The number of carbonyl (C=O) groups is 2. The molecule has 0 spiro atoms. The molecule has 2 aromatic carbocycles. The minimum Gasteiger partial charge on any atom is -0.368 e. The molecule has 0 radical (unpaired) electrons. The van der Waals surface area contributed by atoms with Gasteiger partial charge in [-0.05, 0) is 54.4 Å². The predicted molar refractivity (Wildman–Crippen MR) is 104 cm³/mol. The van der Waals surface area contributed by atoms with Crippen LogP contribution >= 0.6 is 15.9 Å². The third kappa shape index (κ3) is 3.21. The quantitative estimate of drug-likeness (QED) is 0.812. The summed E-state index contributed by atoms with van der Waals surface area (Å²) in [6.07, 6.45) is 0.878. The maximum Gasteiger partial charge on any atom is 0.274 e. The normalized spacial score (nSPS) is 18.4. The van der Waals surface area contributed by atoms with Gasteiger partial charge in [0.1, 0.15) is 17.6 Å². The Morgan fingerprint density at radius 2 is 1.93 bits per heavy atom. The Hall–Kier alpha value is -2.74.